The lowest BCUT2D eigenvalue weighted by molar-refractivity contribution is 0.339. The van der Waals surface area contributed by atoms with Gasteiger partial charge in [-0.25, -0.2) is 0 Å². The van der Waals surface area contributed by atoms with Crippen LogP contribution in [0.5, 0.6) is 0 Å². The molecule has 1 heterocycles. The largest absolute Gasteiger partial charge is 0.282 e. The minimum atomic E-state index is -3.60. The normalized spacial score (nSPS) is 21.0. The molecule has 0 saturated carbocycles. The summed E-state index contributed by atoms with van der Waals surface area (Å²) in [5.74, 6) is -0.346. The Morgan fingerprint density at radius 2 is 2.18 bits per heavy atom. The van der Waals surface area contributed by atoms with E-state index in [-0.39, 0.29) is 18.5 Å². The highest BCUT2D eigenvalue weighted by Gasteiger charge is 2.38. The molecule has 0 radical (unpaired) electrons. The third kappa shape index (κ3) is 3.44. The summed E-state index contributed by atoms with van der Waals surface area (Å²) in [5.41, 5.74) is 0.840. The molecule has 1 aliphatic heterocycles. The van der Waals surface area contributed by atoms with E-state index in [0.717, 1.165) is 18.4 Å². The maximum atomic E-state index is 12.8. The van der Waals surface area contributed by atoms with Gasteiger partial charge in [0, 0.05) is 25.2 Å². The van der Waals surface area contributed by atoms with Crippen LogP contribution in [0.15, 0.2) is 24.3 Å². The second-order valence-electron chi connectivity index (χ2n) is 5.61. The molecule has 1 saturated heterocycles. The first kappa shape index (κ1) is 17.2. The molecule has 0 aromatic heterocycles. The lowest BCUT2D eigenvalue weighted by atomic mass is 10.1. The molecule has 0 unspecified atom stereocenters. The van der Waals surface area contributed by atoms with Crippen LogP contribution in [0.25, 0.3) is 0 Å². The Balaban J connectivity index is 2.27. The van der Waals surface area contributed by atoms with Crippen molar-refractivity contribution in [2.24, 2.45) is 5.92 Å². The summed E-state index contributed by atoms with van der Waals surface area (Å²) in [6, 6.07) is 9.18. The van der Waals surface area contributed by atoms with Gasteiger partial charge in [0.05, 0.1) is 18.0 Å². The number of nitrogens with zero attached hydrogens (tertiary/aromatic N) is 3. The van der Waals surface area contributed by atoms with Gasteiger partial charge in [-0.1, -0.05) is 29.8 Å². The summed E-state index contributed by atoms with van der Waals surface area (Å²) in [7, 11) is -2.08. The Morgan fingerprint density at radius 3 is 2.82 bits per heavy atom. The summed E-state index contributed by atoms with van der Waals surface area (Å²) in [4.78, 5) is 0. The summed E-state index contributed by atoms with van der Waals surface area (Å²) >= 11 is 6.23. The van der Waals surface area contributed by atoms with Gasteiger partial charge in [0.2, 0.25) is 0 Å². The van der Waals surface area contributed by atoms with E-state index in [1.54, 1.807) is 13.0 Å². The molecule has 7 heteroatoms. The first-order chi connectivity index (χ1) is 10.4. The molecule has 2 rings (SSSR count). The van der Waals surface area contributed by atoms with Crippen molar-refractivity contribution in [2.75, 3.05) is 20.1 Å². The van der Waals surface area contributed by atoms with Gasteiger partial charge in [0.15, 0.2) is 0 Å². The van der Waals surface area contributed by atoms with Crippen LogP contribution in [-0.4, -0.2) is 37.2 Å². The maximum Gasteiger partial charge on any atom is 0.282 e. The number of rotatable bonds is 5. The van der Waals surface area contributed by atoms with Gasteiger partial charge in [-0.2, -0.15) is 22.3 Å². The smallest absolute Gasteiger partial charge is 0.198 e. The van der Waals surface area contributed by atoms with Crippen molar-refractivity contribution in [3.05, 3.63) is 34.9 Å². The van der Waals surface area contributed by atoms with Crippen molar-refractivity contribution >= 4 is 21.8 Å². The highest BCUT2D eigenvalue weighted by atomic mass is 35.5. The number of benzene rings is 1. The van der Waals surface area contributed by atoms with Crippen LogP contribution in [0.3, 0.4) is 0 Å². The molecule has 5 nitrogen and oxygen atoms in total. The second kappa shape index (κ2) is 6.97. The quantitative estimate of drug-likeness (QED) is 0.827. The molecule has 22 heavy (non-hydrogen) atoms. The Morgan fingerprint density at radius 1 is 1.50 bits per heavy atom. The van der Waals surface area contributed by atoms with Gasteiger partial charge in [-0.15, -0.1) is 0 Å². The fourth-order valence-electron chi connectivity index (χ4n) is 2.77. The van der Waals surface area contributed by atoms with Gasteiger partial charge in [-0.3, -0.25) is 0 Å². The summed E-state index contributed by atoms with van der Waals surface area (Å²) < 4.78 is 28.3. The maximum absolute atomic E-state index is 12.8. The second-order valence-corrected chi connectivity index (χ2v) is 8.00. The molecule has 1 aromatic rings. The van der Waals surface area contributed by atoms with E-state index in [0.29, 0.717) is 11.6 Å². The monoisotopic (exact) mass is 341 g/mol. The molecule has 0 aliphatic carbocycles. The number of hydrogen-bond acceptors (Lipinski definition) is 3. The molecule has 2 atom stereocenters. The Bertz CT molecular complexity index is 672. The molecule has 1 aromatic carbocycles. The van der Waals surface area contributed by atoms with E-state index in [1.165, 1.54) is 15.7 Å². The van der Waals surface area contributed by atoms with Crippen molar-refractivity contribution in [3.63, 3.8) is 0 Å². The molecular formula is C15H20ClN3O2S. The van der Waals surface area contributed by atoms with Crippen LogP contribution >= 0.6 is 11.6 Å². The van der Waals surface area contributed by atoms with E-state index in [2.05, 4.69) is 6.07 Å². The Kier molecular flexibility index (Phi) is 5.45. The Labute approximate surface area is 137 Å². The molecule has 0 bridgehead atoms. The molecular weight excluding hydrogens is 322 g/mol. The van der Waals surface area contributed by atoms with Crippen LogP contribution in [0.1, 0.15) is 31.4 Å². The SMILES string of the molecule is C[C@@H](C#N)CN(C)S(=O)(=O)N1CCC[C@@H]1c1ccccc1Cl. The molecule has 0 amide bonds. The first-order valence-electron chi connectivity index (χ1n) is 7.25. The summed E-state index contributed by atoms with van der Waals surface area (Å²) in [6.07, 6.45) is 1.56. The first-order valence-corrected chi connectivity index (χ1v) is 9.02. The van der Waals surface area contributed by atoms with Crippen LogP contribution in [0, 0.1) is 17.2 Å². The highest BCUT2D eigenvalue weighted by Crippen LogP contribution is 2.38. The highest BCUT2D eigenvalue weighted by molar-refractivity contribution is 7.86. The lowest BCUT2D eigenvalue weighted by Gasteiger charge is -2.29. The topological polar surface area (TPSA) is 64.4 Å². The van der Waals surface area contributed by atoms with E-state index in [9.17, 15) is 8.42 Å². The van der Waals surface area contributed by atoms with Gasteiger partial charge < -0.3 is 0 Å². The number of hydrogen-bond donors (Lipinski definition) is 0. The summed E-state index contributed by atoms with van der Waals surface area (Å²) in [5, 5.41) is 9.46. The third-order valence-corrected chi connectivity index (χ3v) is 6.22. The average molecular weight is 342 g/mol. The zero-order chi connectivity index (χ0) is 16.3. The molecule has 1 fully saturated rings. The summed E-state index contributed by atoms with van der Waals surface area (Å²) in [6.45, 7) is 2.37. The van der Waals surface area contributed by atoms with Gasteiger partial charge in [0.25, 0.3) is 10.2 Å². The number of halogens is 1. The minimum absolute atomic E-state index is 0.185. The van der Waals surface area contributed by atoms with Crippen LogP contribution in [0.4, 0.5) is 0 Å². The fourth-order valence-corrected chi connectivity index (χ4v) is 4.70. The standard InChI is InChI=1S/C15H20ClN3O2S/c1-12(10-17)11-18(2)22(20,21)19-9-5-8-15(19)13-6-3-4-7-14(13)16/h3-4,6-7,12,15H,5,8-9,11H2,1-2H3/t12-,15+/m0/s1. The van der Waals surface area contributed by atoms with E-state index in [1.807, 2.05) is 18.2 Å². The zero-order valence-corrected chi connectivity index (χ0v) is 14.3. The minimum Gasteiger partial charge on any atom is -0.198 e. The Hall–Kier alpha value is -1.13. The van der Waals surface area contributed by atoms with Gasteiger partial charge >= 0.3 is 0 Å². The van der Waals surface area contributed by atoms with E-state index in [4.69, 9.17) is 16.9 Å². The van der Waals surface area contributed by atoms with Gasteiger partial charge in [0.1, 0.15) is 0 Å². The van der Waals surface area contributed by atoms with Crippen molar-refractivity contribution in [1.82, 2.24) is 8.61 Å². The lowest BCUT2D eigenvalue weighted by Crippen LogP contribution is -2.43. The van der Waals surface area contributed by atoms with Crippen molar-refractivity contribution in [2.45, 2.75) is 25.8 Å². The zero-order valence-electron chi connectivity index (χ0n) is 12.7. The van der Waals surface area contributed by atoms with Crippen LogP contribution in [0.2, 0.25) is 5.02 Å². The van der Waals surface area contributed by atoms with Crippen LogP contribution in [-0.2, 0) is 10.2 Å². The molecule has 0 spiro atoms. The fraction of sp³-hybridized carbons (Fsp3) is 0.533. The molecule has 120 valence electrons. The van der Waals surface area contributed by atoms with E-state index < -0.39 is 10.2 Å². The molecule has 1 aliphatic rings. The van der Waals surface area contributed by atoms with Crippen molar-refractivity contribution < 1.29 is 8.42 Å². The van der Waals surface area contributed by atoms with E-state index >= 15 is 0 Å². The van der Waals surface area contributed by atoms with Crippen LogP contribution < -0.4 is 0 Å². The molecule has 0 N–H and O–H groups in total. The van der Waals surface area contributed by atoms with Gasteiger partial charge in [-0.05, 0) is 31.4 Å². The average Bonchev–Trinajstić information content (AvgIpc) is 2.97. The van der Waals surface area contributed by atoms with Crippen molar-refractivity contribution in [1.29, 1.82) is 5.26 Å². The number of nitriles is 1. The predicted octanol–water partition coefficient (Wildman–Crippen LogP) is 2.81. The third-order valence-electron chi connectivity index (χ3n) is 3.91. The van der Waals surface area contributed by atoms with Crippen molar-refractivity contribution in [3.8, 4) is 6.07 Å². The predicted molar refractivity (Wildman–Crippen MR) is 86.5 cm³/mol.